The fourth-order valence-electron chi connectivity index (χ4n) is 1.48. The number of thiocarbonyl (C=S) groups is 1. The Bertz CT molecular complexity index is 467. The number of carbonyl (C=O) groups is 1. The number of nitrogens with two attached hydrogens (primary N) is 1. The van der Waals surface area contributed by atoms with Crippen LogP contribution in [-0.2, 0) is 0 Å². The molecule has 3 nitrogen and oxygen atoms in total. The Morgan fingerprint density at radius 1 is 1.61 bits per heavy atom. The van der Waals surface area contributed by atoms with E-state index in [1.807, 2.05) is 6.92 Å². The van der Waals surface area contributed by atoms with Crippen LogP contribution in [-0.4, -0.2) is 16.9 Å². The predicted molar refractivity (Wildman–Crippen MR) is 74.4 cm³/mol. The number of halogens is 2. The third-order valence-corrected chi connectivity index (χ3v) is 2.92. The smallest absolute Gasteiger partial charge is 0.254 e. The van der Waals surface area contributed by atoms with Crippen LogP contribution in [0.3, 0.4) is 0 Å². The SMILES string of the molecule is CCCC(NC(=O)c1ccc(Cl)cc1F)C(N)=S. The Morgan fingerprint density at radius 2 is 2.28 bits per heavy atom. The fraction of sp³-hybridized carbons (Fsp3) is 0.333. The molecule has 18 heavy (non-hydrogen) atoms. The second-order valence-corrected chi connectivity index (χ2v) is 4.75. The molecule has 0 aromatic heterocycles. The van der Waals surface area contributed by atoms with E-state index in [-0.39, 0.29) is 15.6 Å². The van der Waals surface area contributed by atoms with Gasteiger partial charge in [0, 0.05) is 5.02 Å². The number of hydrogen-bond acceptors (Lipinski definition) is 2. The minimum absolute atomic E-state index is 0.0725. The van der Waals surface area contributed by atoms with Gasteiger partial charge in [-0.05, 0) is 24.6 Å². The van der Waals surface area contributed by atoms with Crippen LogP contribution in [0.2, 0.25) is 5.02 Å². The summed E-state index contributed by atoms with van der Waals surface area (Å²) in [6.45, 7) is 1.94. The van der Waals surface area contributed by atoms with E-state index < -0.39 is 17.8 Å². The van der Waals surface area contributed by atoms with Crippen LogP contribution >= 0.6 is 23.8 Å². The molecule has 1 rings (SSSR count). The summed E-state index contributed by atoms with van der Waals surface area (Å²) in [6.07, 6.45) is 1.43. The molecule has 0 bridgehead atoms. The number of carbonyl (C=O) groups excluding carboxylic acids is 1. The zero-order chi connectivity index (χ0) is 13.7. The molecule has 1 atom stereocenters. The molecule has 6 heteroatoms. The van der Waals surface area contributed by atoms with Gasteiger partial charge in [-0.1, -0.05) is 37.2 Å². The van der Waals surface area contributed by atoms with Crippen LogP contribution in [0.15, 0.2) is 18.2 Å². The Balaban J connectivity index is 2.83. The van der Waals surface area contributed by atoms with Crippen molar-refractivity contribution in [1.29, 1.82) is 0 Å². The van der Waals surface area contributed by atoms with Crippen molar-refractivity contribution in [3.63, 3.8) is 0 Å². The summed E-state index contributed by atoms with van der Waals surface area (Å²) in [5, 5.41) is 2.85. The molecule has 3 N–H and O–H groups in total. The fourth-order valence-corrected chi connectivity index (χ4v) is 1.82. The summed E-state index contributed by atoms with van der Waals surface area (Å²) in [5.41, 5.74) is 5.44. The van der Waals surface area contributed by atoms with Crippen LogP contribution in [0.25, 0.3) is 0 Å². The lowest BCUT2D eigenvalue weighted by molar-refractivity contribution is 0.0941. The molecule has 1 aromatic rings. The Morgan fingerprint density at radius 3 is 2.78 bits per heavy atom. The van der Waals surface area contributed by atoms with Gasteiger partial charge in [0.2, 0.25) is 0 Å². The molecular weight excluding hydrogens is 275 g/mol. The molecule has 0 aliphatic heterocycles. The van der Waals surface area contributed by atoms with Crippen molar-refractivity contribution in [2.24, 2.45) is 5.73 Å². The van der Waals surface area contributed by atoms with Crippen LogP contribution in [0.1, 0.15) is 30.1 Å². The number of rotatable bonds is 5. The monoisotopic (exact) mass is 288 g/mol. The average Bonchev–Trinajstić information content (AvgIpc) is 2.27. The molecule has 0 spiro atoms. The molecule has 98 valence electrons. The zero-order valence-corrected chi connectivity index (χ0v) is 11.4. The van der Waals surface area contributed by atoms with Crippen LogP contribution < -0.4 is 11.1 Å². The molecular formula is C12H14ClFN2OS. The second kappa shape index (κ2) is 6.66. The molecule has 0 radical (unpaired) electrons. The zero-order valence-electron chi connectivity index (χ0n) is 9.87. The summed E-state index contributed by atoms with van der Waals surface area (Å²) < 4.78 is 13.5. The van der Waals surface area contributed by atoms with Gasteiger partial charge in [-0.2, -0.15) is 0 Å². The van der Waals surface area contributed by atoms with Crippen molar-refractivity contribution in [2.45, 2.75) is 25.8 Å². The van der Waals surface area contributed by atoms with Gasteiger partial charge in [0.25, 0.3) is 5.91 Å². The Labute approximate surface area is 115 Å². The van der Waals surface area contributed by atoms with Crippen molar-refractivity contribution in [3.05, 3.63) is 34.6 Å². The number of nitrogens with one attached hydrogen (secondary N) is 1. The van der Waals surface area contributed by atoms with Crippen LogP contribution in [0.4, 0.5) is 4.39 Å². The van der Waals surface area contributed by atoms with E-state index in [0.717, 1.165) is 12.5 Å². The maximum atomic E-state index is 13.5. The molecule has 0 fully saturated rings. The Hall–Kier alpha value is -1.20. The highest BCUT2D eigenvalue weighted by molar-refractivity contribution is 7.80. The Kier molecular flexibility index (Phi) is 5.50. The van der Waals surface area contributed by atoms with Gasteiger partial charge in [0.15, 0.2) is 0 Å². The van der Waals surface area contributed by atoms with E-state index in [1.165, 1.54) is 12.1 Å². The molecule has 0 aliphatic rings. The first-order valence-corrected chi connectivity index (χ1v) is 6.29. The van der Waals surface area contributed by atoms with E-state index in [9.17, 15) is 9.18 Å². The first kappa shape index (κ1) is 14.9. The van der Waals surface area contributed by atoms with Gasteiger partial charge < -0.3 is 11.1 Å². The van der Waals surface area contributed by atoms with Gasteiger partial charge in [-0.25, -0.2) is 4.39 Å². The molecule has 0 aliphatic carbocycles. The third-order valence-electron chi connectivity index (χ3n) is 2.40. The van der Waals surface area contributed by atoms with Crippen molar-refractivity contribution in [2.75, 3.05) is 0 Å². The number of amides is 1. The van der Waals surface area contributed by atoms with Gasteiger partial charge in [0.1, 0.15) is 5.82 Å². The maximum absolute atomic E-state index is 13.5. The van der Waals surface area contributed by atoms with Crippen LogP contribution in [0, 0.1) is 5.82 Å². The van der Waals surface area contributed by atoms with Crippen molar-refractivity contribution in [3.8, 4) is 0 Å². The highest BCUT2D eigenvalue weighted by atomic mass is 35.5. The van der Waals surface area contributed by atoms with Crippen molar-refractivity contribution in [1.82, 2.24) is 5.32 Å². The molecule has 0 saturated carbocycles. The number of hydrogen-bond donors (Lipinski definition) is 2. The van der Waals surface area contributed by atoms with Crippen molar-refractivity contribution < 1.29 is 9.18 Å². The lowest BCUT2D eigenvalue weighted by atomic mass is 10.1. The number of benzene rings is 1. The van der Waals surface area contributed by atoms with Crippen molar-refractivity contribution >= 4 is 34.7 Å². The summed E-state index contributed by atoms with van der Waals surface area (Å²) in [7, 11) is 0. The van der Waals surface area contributed by atoms with E-state index in [2.05, 4.69) is 5.32 Å². The maximum Gasteiger partial charge on any atom is 0.254 e. The van der Waals surface area contributed by atoms with Gasteiger partial charge >= 0.3 is 0 Å². The minimum atomic E-state index is -0.668. The topological polar surface area (TPSA) is 55.1 Å². The molecule has 1 unspecified atom stereocenters. The van der Waals surface area contributed by atoms with Gasteiger partial charge in [-0.3, -0.25) is 4.79 Å². The summed E-state index contributed by atoms with van der Waals surface area (Å²) in [5.74, 6) is -1.21. The molecule has 1 aromatic carbocycles. The molecule has 1 amide bonds. The lowest BCUT2D eigenvalue weighted by Crippen LogP contribution is -2.43. The highest BCUT2D eigenvalue weighted by Gasteiger charge is 2.18. The predicted octanol–water partition coefficient (Wildman–Crippen LogP) is 2.66. The summed E-state index contributed by atoms with van der Waals surface area (Å²) >= 11 is 10.5. The second-order valence-electron chi connectivity index (χ2n) is 3.84. The standard InChI is InChI=1S/C12H14ClFN2OS/c1-2-3-10(11(15)18)16-12(17)8-5-4-7(13)6-9(8)14/h4-6,10H,2-3H2,1H3,(H2,15,18)(H,16,17). The first-order chi connectivity index (χ1) is 8.45. The van der Waals surface area contributed by atoms with E-state index in [1.54, 1.807) is 0 Å². The third kappa shape index (κ3) is 3.92. The molecule has 0 heterocycles. The molecule has 0 saturated heterocycles. The van der Waals surface area contributed by atoms with Gasteiger partial charge in [0.05, 0.1) is 16.6 Å². The quantitative estimate of drug-likeness (QED) is 0.819. The largest absolute Gasteiger partial charge is 0.392 e. The normalized spacial score (nSPS) is 11.9. The van der Waals surface area contributed by atoms with Crippen LogP contribution in [0.5, 0.6) is 0 Å². The van der Waals surface area contributed by atoms with E-state index in [4.69, 9.17) is 29.6 Å². The average molecular weight is 289 g/mol. The summed E-state index contributed by atoms with van der Waals surface area (Å²) in [4.78, 5) is 12.1. The highest BCUT2D eigenvalue weighted by Crippen LogP contribution is 2.14. The summed E-state index contributed by atoms with van der Waals surface area (Å²) in [6, 6.07) is 3.45. The van der Waals surface area contributed by atoms with E-state index in [0.29, 0.717) is 6.42 Å². The van der Waals surface area contributed by atoms with Gasteiger partial charge in [-0.15, -0.1) is 0 Å². The lowest BCUT2D eigenvalue weighted by Gasteiger charge is -2.16. The minimum Gasteiger partial charge on any atom is -0.392 e. The first-order valence-electron chi connectivity index (χ1n) is 5.51. The van der Waals surface area contributed by atoms with E-state index >= 15 is 0 Å².